The molecule has 0 saturated heterocycles. The molecule has 88 valence electrons. The van der Waals surface area contributed by atoms with Crippen molar-refractivity contribution in [2.24, 2.45) is 0 Å². The van der Waals surface area contributed by atoms with Crippen molar-refractivity contribution in [1.82, 2.24) is 0 Å². The second kappa shape index (κ2) is 5.05. The van der Waals surface area contributed by atoms with Crippen LogP contribution in [0.5, 0.6) is 0 Å². The first kappa shape index (κ1) is 11.7. The number of aryl methyl sites for hydroxylation is 2. The van der Waals surface area contributed by atoms with E-state index >= 15 is 0 Å². The summed E-state index contributed by atoms with van der Waals surface area (Å²) in [6.07, 6.45) is 1.01. The van der Waals surface area contributed by atoms with Gasteiger partial charge in [-0.2, -0.15) is 0 Å². The van der Waals surface area contributed by atoms with Gasteiger partial charge in [0.05, 0.1) is 0 Å². The van der Waals surface area contributed by atoms with E-state index in [9.17, 15) is 0 Å². The Labute approximate surface area is 103 Å². The maximum absolute atomic E-state index is 3.14. The van der Waals surface area contributed by atoms with Gasteiger partial charge in [-0.3, -0.25) is 0 Å². The molecule has 0 radical (unpaired) electrons. The van der Waals surface area contributed by atoms with E-state index in [1.165, 1.54) is 22.3 Å². The molecular weight excluding hydrogens is 206 g/mol. The van der Waals surface area contributed by atoms with E-state index in [0.717, 1.165) is 12.1 Å². The van der Waals surface area contributed by atoms with Gasteiger partial charge in [0.2, 0.25) is 0 Å². The van der Waals surface area contributed by atoms with Gasteiger partial charge >= 0.3 is 0 Å². The molecule has 1 nitrogen and oxygen atoms in total. The number of rotatable bonds is 3. The van der Waals surface area contributed by atoms with Crippen molar-refractivity contribution in [3.05, 3.63) is 64.7 Å². The first-order valence-electron chi connectivity index (χ1n) is 6.02. The molecule has 0 unspecified atom stereocenters. The smallest absolute Gasteiger partial charge is 0.0337 e. The van der Waals surface area contributed by atoms with Crippen molar-refractivity contribution in [1.29, 1.82) is 0 Å². The molecule has 0 aliphatic heterocycles. The highest BCUT2D eigenvalue weighted by Gasteiger charge is 2.00. The number of nitrogens with one attached hydrogen (secondary N) is 1. The van der Waals surface area contributed by atoms with Crippen LogP contribution in [0, 0.1) is 13.8 Å². The molecule has 0 spiro atoms. The van der Waals surface area contributed by atoms with Crippen molar-refractivity contribution in [3.63, 3.8) is 0 Å². The minimum Gasteiger partial charge on any atom is -0.388 e. The molecule has 0 bridgehead atoms. The van der Waals surface area contributed by atoms with E-state index in [2.05, 4.69) is 61.6 Å². The summed E-state index contributed by atoms with van der Waals surface area (Å²) >= 11 is 0. The Morgan fingerprint density at radius 2 is 1.65 bits per heavy atom. The van der Waals surface area contributed by atoms with Crippen LogP contribution in [0.4, 0.5) is 5.69 Å². The van der Waals surface area contributed by atoms with E-state index in [-0.39, 0.29) is 0 Å². The van der Waals surface area contributed by atoms with Gasteiger partial charge in [0.25, 0.3) is 0 Å². The summed E-state index contributed by atoms with van der Waals surface area (Å²) in [4.78, 5) is 0. The van der Waals surface area contributed by atoms with Crippen LogP contribution in [-0.4, -0.2) is 7.05 Å². The Bertz CT molecular complexity index is 497. The SMILES string of the molecule is CNc1ccc(Cc2ccc(C)cc2C)cc1. The van der Waals surface area contributed by atoms with Crippen molar-refractivity contribution in [2.75, 3.05) is 12.4 Å². The Balaban J connectivity index is 2.19. The molecule has 0 aliphatic carbocycles. The standard InChI is InChI=1S/C16H19N/c1-12-4-7-15(13(2)10-12)11-14-5-8-16(17-3)9-6-14/h4-10,17H,11H2,1-3H3. The molecule has 0 fully saturated rings. The van der Waals surface area contributed by atoms with Crippen LogP contribution < -0.4 is 5.32 Å². The molecule has 1 heteroatoms. The molecule has 0 heterocycles. The van der Waals surface area contributed by atoms with Crippen LogP contribution >= 0.6 is 0 Å². The zero-order chi connectivity index (χ0) is 12.3. The lowest BCUT2D eigenvalue weighted by atomic mass is 9.99. The lowest BCUT2D eigenvalue weighted by molar-refractivity contribution is 1.15. The summed E-state index contributed by atoms with van der Waals surface area (Å²) in [7, 11) is 1.94. The lowest BCUT2D eigenvalue weighted by Crippen LogP contribution is -1.93. The number of anilines is 1. The highest BCUT2D eigenvalue weighted by molar-refractivity contribution is 5.45. The molecule has 17 heavy (non-hydrogen) atoms. The fourth-order valence-corrected chi connectivity index (χ4v) is 2.05. The molecule has 2 rings (SSSR count). The molecule has 0 aromatic heterocycles. The van der Waals surface area contributed by atoms with Crippen molar-refractivity contribution in [2.45, 2.75) is 20.3 Å². The lowest BCUT2D eigenvalue weighted by Gasteiger charge is -2.08. The molecule has 2 aromatic rings. The van der Waals surface area contributed by atoms with Gasteiger partial charge in [-0.25, -0.2) is 0 Å². The third-order valence-electron chi connectivity index (χ3n) is 3.14. The van der Waals surface area contributed by atoms with Gasteiger partial charge in [0, 0.05) is 12.7 Å². The fourth-order valence-electron chi connectivity index (χ4n) is 2.05. The van der Waals surface area contributed by atoms with Crippen molar-refractivity contribution in [3.8, 4) is 0 Å². The first-order valence-corrected chi connectivity index (χ1v) is 6.02. The van der Waals surface area contributed by atoms with Gasteiger partial charge in [0.1, 0.15) is 0 Å². The summed E-state index contributed by atoms with van der Waals surface area (Å²) in [5.74, 6) is 0. The topological polar surface area (TPSA) is 12.0 Å². The fraction of sp³-hybridized carbons (Fsp3) is 0.250. The van der Waals surface area contributed by atoms with Crippen LogP contribution in [0.15, 0.2) is 42.5 Å². The van der Waals surface area contributed by atoms with E-state index in [0.29, 0.717) is 0 Å². The van der Waals surface area contributed by atoms with Crippen LogP contribution in [0.1, 0.15) is 22.3 Å². The Morgan fingerprint density at radius 1 is 0.941 bits per heavy atom. The largest absolute Gasteiger partial charge is 0.388 e. The molecule has 1 N–H and O–H groups in total. The second-order valence-corrected chi connectivity index (χ2v) is 4.55. The number of hydrogen-bond acceptors (Lipinski definition) is 1. The van der Waals surface area contributed by atoms with Crippen LogP contribution in [0.25, 0.3) is 0 Å². The van der Waals surface area contributed by atoms with Crippen molar-refractivity contribution < 1.29 is 0 Å². The van der Waals surface area contributed by atoms with Crippen LogP contribution in [0.3, 0.4) is 0 Å². The second-order valence-electron chi connectivity index (χ2n) is 4.55. The van der Waals surface area contributed by atoms with Gasteiger partial charge in [-0.15, -0.1) is 0 Å². The summed E-state index contributed by atoms with van der Waals surface area (Å²) in [5, 5.41) is 3.14. The van der Waals surface area contributed by atoms with Crippen LogP contribution in [-0.2, 0) is 6.42 Å². The zero-order valence-electron chi connectivity index (χ0n) is 10.7. The average molecular weight is 225 g/mol. The molecule has 2 aromatic carbocycles. The van der Waals surface area contributed by atoms with E-state index in [1.807, 2.05) is 7.05 Å². The quantitative estimate of drug-likeness (QED) is 0.834. The summed E-state index contributed by atoms with van der Waals surface area (Å²) in [6.45, 7) is 4.32. The van der Waals surface area contributed by atoms with Gasteiger partial charge in [-0.1, -0.05) is 35.9 Å². The third-order valence-corrected chi connectivity index (χ3v) is 3.14. The monoisotopic (exact) mass is 225 g/mol. The third kappa shape index (κ3) is 2.88. The highest BCUT2D eigenvalue weighted by atomic mass is 14.8. The molecular formula is C16H19N. The van der Waals surface area contributed by atoms with E-state index < -0.39 is 0 Å². The maximum Gasteiger partial charge on any atom is 0.0337 e. The predicted octanol–water partition coefficient (Wildman–Crippen LogP) is 3.94. The van der Waals surface area contributed by atoms with Gasteiger partial charge < -0.3 is 5.32 Å². The minimum atomic E-state index is 1.01. The predicted molar refractivity (Wildman–Crippen MR) is 74.7 cm³/mol. The summed E-state index contributed by atoms with van der Waals surface area (Å²) in [6, 6.07) is 15.3. The van der Waals surface area contributed by atoms with Gasteiger partial charge in [0.15, 0.2) is 0 Å². The van der Waals surface area contributed by atoms with E-state index in [4.69, 9.17) is 0 Å². The Morgan fingerprint density at radius 3 is 2.24 bits per heavy atom. The molecule has 0 amide bonds. The van der Waals surface area contributed by atoms with Crippen LogP contribution in [0.2, 0.25) is 0 Å². The molecule has 0 atom stereocenters. The maximum atomic E-state index is 3.14. The zero-order valence-corrected chi connectivity index (χ0v) is 10.7. The number of benzene rings is 2. The molecule has 0 aliphatic rings. The highest BCUT2D eigenvalue weighted by Crippen LogP contribution is 2.17. The molecule has 0 saturated carbocycles. The number of hydrogen-bond donors (Lipinski definition) is 1. The summed E-state index contributed by atoms with van der Waals surface area (Å²) in [5.41, 5.74) is 6.64. The normalized spacial score (nSPS) is 10.3. The van der Waals surface area contributed by atoms with Crippen molar-refractivity contribution >= 4 is 5.69 Å². The van der Waals surface area contributed by atoms with Gasteiger partial charge in [-0.05, 0) is 49.1 Å². The minimum absolute atomic E-state index is 1.01. The Kier molecular flexibility index (Phi) is 3.48. The average Bonchev–Trinajstić information content (AvgIpc) is 2.34. The van der Waals surface area contributed by atoms with E-state index in [1.54, 1.807) is 0 Å². The summed E-state index contributed by atoms with van der Waals surface area (Å²) < 4.78 is 0. The first-order chi connectivity index (χ1) is 8.19. The Hall–Kier alpha value is -1.76.